The standard InChI is InChI=1S/C12H13F6NO2/c13-11(14,15)8-3-1-7(2-4-8)9(20)5-19-6-10(21)12(16,17)18/h1-4,9-10,19-21H,5-6H2. The monoisotopic (exact) mass is 317 g/mol. The molecule has 1 rings (SSSR count). The molecule has 3 N–H and O–H groups in total. The zero-order valence-corrected chi connectivity index (χ0v) is 10.5. The zero-order chi connectivity index (χ0) is 16.3. The number of rotatable bonds is 5. The molecule has 1 aromatic carbocycles. The normalized spacial score (nSPS) is 15.8. The minimum absolute atomic E-state index is 0.122. The summed E-state index contributed by atoms with van der Waals surface area (Å²) in [6.07, 6.45) is -13.1. The van der Waals surface area contributed by atoms with E-state index >= 15 is 0 Å². The summed E-state index contributed by atoms with van der Waals surface area (Å²) in [6, 6.07) is 3.61. The Bertz CT molecular complexity index is 443. The van der Waals surface area contributed by atoms with Crippen LogP contribution in [0.5, 0.6) is 0 Å². The number of halogens is 6. The predicted molar refractivity (Wildman–Crippen MR) is 61.3 cm³/mol. The molecule has 9 heteroatoms. The molecule has 0 saturated carbocycles. The lowest BCUT2D eigenvalue weighted by atomic mass is 10.1. The second-order valence-electron chi connectivity index (χ2n) is 4.35. The van der Waals surface area contributed by atoms with Crippen molar-refractivity contribution in [3.05, 3.63) is 35.4 Å². The lowest BCUT2D eigenvalue weighted by Crippen LogP contribution is -2.39. The first-order chi connectivity index (χ1) is 9.51. The van der Waals surface area contributed by atoms with Gasteiger partial charge in [0.1, 0.15) is 0 Å². The van der Waals surface area contributed by atoms with Crippen LogP contribution in [0.4, 0.5) is 26.3 Å². The minimum atomic E-state index is -4.77. The molecule has 0 aliphatic heterocycles. The van der Waals surface area contributed by atoms with Gasteiger partial charge in [-0.2, -0.15) is 26.3 Å². The van der Waals surface area contributed by atoms with Crippen LogP contribution in [0.3, 0.4) is 0 Å². The van der Waals surface area contributed by atoms with Crippen LogP contribution in [0.1, 0.15) is 17.2 Å². The molecule has 0 aliphatic carbocycles. The maximum atomic E-state index is 12.3. The summed E-state index contributed by atoms with van der Waals surface area (Å²) >= 11 is 0. The van der Waals surface area contributed by atoms with Crippen molar-refractivity contribution in [3.63, 3.8) is 0 Å². The molecule has 0 bridgehead atoms. The molecule has 0 radical (unpaired) electrons. The van der Waals surface area contributed by atoms with Crippen LogP contribution < -0.4 is 5.32 Å². The topological polar surface area (TPSA) is 52.5 Å². The van der Waals surface area contributed by atoms with E-state index in [2.05, 4.69) is 5.32 Å². The van der Waals surface area contributed by atoms with Gasteiger partial charge < -0.3 is 15.5 Å². The highest BCUT2D eigenvalue weighted by Gasteiger charge is 2.37. The van der Waals surface area contributed by atoms with Gasteiger partial charge in [-0.25, -0.2) is 0 Å². The van der Waals surface area contributed by atoms with Gasteiger partial charge in [-0.3, -0.25) is 0 Å². The van der Waals surface area contributed by atoms with Crippen molar-refractivity contribution in [1.82, 2.24) is 5.32 Å². The summed E-state index contributed by atoms with van der Waals surface area (Å²) in [7, 11) is 0. The summed E-state index contributed by atoms with van der Waals surface area (Å²) in [5, 5.41) is 20.5. The number of alkyl halides is 6. The fourth-order valence-corrected chi connectivity index (χ4v) is 1.48. The molecule has 21 heavy (non-hydrogen) atoms. The van der Waals surface area contributed by atoms with Crippen LogP contribution in [0.2, 0.25) is 0 Å². The lowest BCUT2D eigenvalue weighted by Gasteiger charge is -2.17. The third kappa shape index (κ3) is 5.52. The highest BCUT2D eigenvalue weighted by molar-refractivity contribution is 5.26. The third-order valence-corrected chi connectivity index (χ3v) is 2.68. The molecule has 0 saturated heterocycles. The van der Waals surface area contributed by atoms with E-state index in [1.807, 2.05) is 0 Å². The predicted octanol–water partition coefficient (Wildman–Crippen LogP) is 2.25. The Kier molecular flexibility index (Phi) is 5.60. The molecule has 120 valence electrons. The van der Waals surface area contributed by atoms with E-state index in [-0.39, 0.29) is 12.1 Å². The van der Waals surface area contributed by atoms with E-state index in [0.717, 1.165) is 24.3 Å². The summed E-state index contributed by atoms with van der Waals surface area (Å²) in [5.74, 6) is 0. The van der Waals surface area contributed by atoms with Crippen molar-refractivity contribution >= 4 is 0 Å². The highest BCUT2D eigenvalue weighted by atomic mass is 19.4. The Morgan fingerprint density at radius 2 is 1.43 bits per heavy atom. The first-order valence-electron chi connectivity index (χ1n) is 5.82. The summed E-state index contributed by atoms with van der Waals surface area (Å²) in [4.78, 5) is 0. The number of hydrogen-bond acceptors (Lipinski definition) is 3. The molecule has 3 nitrogen and oxygen atoms in total. The van der Waals surface area contributed by atoms with Gasteiger partial charge in [0.2, 0.25) is 0 Å². The van der Waals surface area contributed by atoms with Crippen LogP contribution in [-0.4, -0.2) is 35.6 Å². The fourth-order valence-electron chi connectivity index (χ4n) is 1.48. The quantitative estimate of drug-likeness (QED) is 0.730. The average molecular weight is 317 g/mol. The van der Waals surface area contributed by atoms with Crippen molar-refractivity contribution in [2.45, 2.75) is 24.6 Å². The lowest BCUT2D eigenvalue weighted by molar-refractivity contribution is -0.202. The van der Waals surface area contributed by atoms with Gasteiger partial charge in [0, 0.05) is 13.1 Å². The molecule has 0 aliphatic rings. The van der Waals surface area contributed by atoms with Crippen molar-refractivity contribution in [2.75, 3.05) is 13.1 Å². The number of aliphatic hydroxyl groups is 2. The number of benzene rings is 1. The van der Waals surface area contributed by atoms with Gasteiger partial charge in [-0.1, -0.05) is 12.1 Å². The SMILES string of the molecule is OC(CNCC(O)C(F)(F)F)c1ccc(C(F)(F)F)cc1. The Morgan fingerprint density at radius 1 is 0.905 bits per heavy atom. The Hall–Kier alpha value is -1.32. The van der Waals surface area contributed by atoms with E-state index in [0.29, 0.717) is 0 Å². The molecular weight excluding hydrogens is 304 g/mol. The van der Waals surface area contributed by atoms with E-state index in [1.54, 1.807) is 0 Å². The minimum Gasteiger partial charge on any atom is -0.387 e. The maximum absolute atomic E-state index is 12.3. The van der Waals surface area contributed by atoms with Crippen LogP contribution >= 0.6 is 0 Å². The van der Waals surface area contributed by atoms with Crippen molar-refractivity contribution in [3.8, 4) is 0 Å². The van der Waals surface area contributed by atoms with Gasteiger partial charge >= 0.3 is 12.4 Å². The van der Waals surface area contributed by atoms with Gasteiger partial charge in [0.15, 0.2) is 6.10 Å². The largest absolute Gasteiger partial charge is 0.416 e. The molecule has 0 fully saturated rings. The Balaban J connectivity index is 2.51. The van der Waals surface area contributed by atoms with Gasteiger partial charge in [-0.15, -0.1) is 0 Å². The second-order valence-corrected chi connectivity index (χ2v) is 4.35. The highest BCUT2D eigenvalue weighted by Crippen LogP contribution is 2.29. The van der Waals surface area contributed by atoms with Crippen LogP contribution in [0, 0.1) is 0 Å². The van der Waals surface area contributed by atoms with Gasteiger partial charge in [0.05, 0.1) is 11.7 Å². The molecule has 0 heterocycles. The molecule has 0 amide bonds. The smallest absolute Gasteiger partial charge is 0.387 e. The summed E-state index contributed by atoms with van der Waals surface area (Å²) < 4.78 is 72.9. The van der Waals surface area contributed by atoms with Gasteiger partial charge in [-0.05, 0) is 17.7 Å². The molecule has 1 aromatic rings. The molecule has 2 atom stereocenters. The van der Waals surface area contributed by atoms with Crippen LogP contribution in [0.15, 0.2) is 24.3 Å². The van der Waals surface area contributed by atoms with Crippen LogP contribution in [-0.2, 0) is 6.18 Å². The summed E-state index contributed by atoms with van der Waals surface area (Å²) in [6.45, 7) is -1.15. The summed E-state index contributed by atoms with van der Waals surface area (Å²) in [5.41, 5.74) is -0.768. The van der Waals surface area contributed by atoms with E-state index in [9.17, 15) is 31.4 Å². The molecule has 2 unspecified atom stereocenters. The first kappa shape index (κ1) is 17.7. The van der Waals surface area contributed by atoms with Gasteiger partial charge in [0.25, 0.3) is 0 Å². The third-order valence-electron chi connectivity index (χ3n) is 2.68. The number of hydrogen-bond donors (Lipinski definition) is 3. The second kappa shape index (κ2) is 6.63. The van der Waals surface area contributed by atoms with Crippen LogP contribution in [0.25, 0.3) is 0 Å². The van der Waals surface area contributed by atoms with Crippen molar-refractivity contribution in [1.29, 1.82) is 0 Å². The van der Waals surface area contributed by atoms with Crippen molar-refractivity contribution in [2.24, 2.45) is 0 Å². The zero-order valence-electron chi connectivity index (χ0n) is 10.5. The number of nitrogens with one attached hydrogen (secondary N) is 1. The average Bonchev–Trinajstić information content (AvgIpc) is 2.36. The Labute approximate surface area is 116 Å². The molecule has 0 aromatic heterocycles. The molecule has 0 spiro atoms. The maximum Gasteiger partial charge on any atom is 0.416 e. The molecular formula is C12H13F6NO2. The first-order valence-corrected chi connectivity index (χ1v) is 5.82. The Morgan fingerprint density at radius 3 is 1.86 bits per heavy atom. The van der Waals surface area contributed by atoms with E-state index in [4.69, 9.17) is 5.11 Å². The van der Waals surface area contributed by atoms with E-state index in [1.165, 1.54) is 0 Å². The van der Waals surface area contributed by atoms with Crippen molar-refractivity contribution < 1.29 is 36.6 Å². The fraction of sp³-hybridized carbons (Fsp3) is 0.500. The number of aliphatic hydroxyl groups excluding tert-OH is 2. The van der Waals surface area contributed by atoms with E-state index < -0.39 is 36.7 Å².